The minimum atomic E-state index is -0.725. The molecule has 0 aliphatic rings. The summed E-state index contributed by atoms with van der Waals surface area (Å²) < 4.78 is 4.68. The predicted octanol–water partition coefficient (Wildman–Crippen LogP) is 0.689. The van der Waals surface area contributed by atoms with E-state index in [9.17, 15) is 20.0 Å². The van der Waals surface area contributed by atoms with Gasteiger partial charge >= 0.3 is 5.88 Å². The Morgan fingerprint density at radius 2 is 2.38 bits per heavy atom. The number of amides is 1. The Morgan fingerprint density at radius 1 is 1.69 bits per heavy atom. The molecule has 88 valence electrons. The van der Waals surface area contributed by atoms with Gasteiger partial charge in [-0.25, -0.2) is 0 Å². The lowest BCUT2D eigenvalue weighted by molar-refractivity contribution is -0.402. The van der Waals surface area contributed by atoms with Gasteiger partial charge in [-0.05, 0) is 12.5 Å². The standard InChI is InChI=1S/C9H12N2O5/c1-2-6(12)5-10-9(13)7-3-4-8(16-7)11(14)15/h3-4,6,12H,2,5H2,1H3,(H,10,13). The molecule has 0 saturated heterocycles. The summed E-state index contributed by atoms with van der Waals surface area (Å²) >= 11 is 0. The van der Waals surface area contributed by atoms with E-state index in [0.717, 1.165) is 6.07 Å². The molecule has 16 heavy (non-hydrogen) atoms. The first-order chi connectivity index (χ1) is 7.54. The third kappa shape index (κ3) is 3.06. The highest BCUT2D eigenvalue weighted by Gasteiger charge is 2.17. The van der Waals surface area contributed by atoms with Crippen LogP contribution >= 0.6 is 0 Å². The predicted molar refractivity (Wildman–Crippen MR) is 54.0 cm³/mol. The first-order valence-electron chi connectivity index (χ1n) is 4.75. The van der Waals surface area contributed by atoms with Gasteiger partial charge in [-0.1, -0.05) is 6.92 Å². The van der Waals surface area contributed by atoms with Gasteiger partial charge in [-0.3, -0.25) is 14.9 Å². The third-order valence-electron chi connectivity index (χ3n) is 1.97. The molecule has 2 N–H and O–H groups in total. The van der Waals surface area contributed by atoms with Crippen molar-refractivity contribution in [1.29, 1.82) is 0 Å². The lowest BCUT2D eigenvalue weighted by atomic mass is 10.3. The van der Waals surface area contributed by atoms with E-state index in [0.29, 0.717) is 6.42 Å². The van der Waals surface area contributed by atoms with E-state index < -0.39 is 22.8 Å². The van der Waals surface area contributed by atoms with E-state index in [4.69, 9.17) is 0 Å². The lowest BCUT2D eigenvalue weighted by Gasteiger charge is -2.07. The summed E-state index contributed by atoms with van der Waals surface area (Å²) in [7, 11) is 0. The van der Waals surface area contributed by atoms with Crippen LogP contribution in [-0.2, 0) is 0 Å². The largest absolute Gasteiger partial charge is 0.433 e. The van der Waals surface area contributed by atoms with Gasteiger partial charge in [0.15, 0.2) is 5.76 Å². The molecule has 7 nitrogen and oxygen atoms in total. The summed E-state index contributed by atoms with van der Waals surface area (Å²) in [6, 6.07) is 2.32. The fourth-order valence-corrected chi connectivity index (χ4v) is 0.990. The van der Waals surface area contributed by atoms with E-state index >= 15 is 0 Å². The number of furan rings is 1. The van der Waals surface area contributed by atoms with Crippen molar-refractivity contribution >= 4 is 11.8 Å². The average Bonchev–Trinajstić information content (AvgIpc) is 2.74. The first-order valence-corrected chi connectivity index (χ1v) is 4.75. The number of hydrogen-bond donors (Lipinski definition) is 2. The van der Waals surface area contributed by atoms with E-state index in [-0.39, 0.29) is 12.3 Å². The molecular weight excluding hydrogens is 216 g/mol. The van der Waals surface area contributed by atoms with Crippen LogP contribution in [0.1, 0.15) is 23.9 Å². The zero-order valence-corrected chi connectivity index (χ0v) is 8.67. The van der Waals surface area contributed by atoms with Crippen LogP contribution in [0.3, 0.4) is 0 Å². The smallest absolute Gasteiger partial charge is 0.395 e. The maximum absolute atomic E-state index is 11.4. The van der Waals surface area contributed by atoms with Crippen molar-refractivity contribution in [2.45, 2.75) is 19.4 Å². The Balaban J connectivity index is 2.56. The van der Waals surface area contributed by atoms with Crippen molar-refractivity contribution in [3.63, 3.8) is 0 Å². The quantitative estimate of drug-likeness (QED) is 0.569. The van der Waals surface area contributed by atoms with E-state index in [1.165, 1.54) is 6.07 Å². The number of aliphatic hydroxyl groups excluding tert-OH is 1. The molecule has 0 aliphatic carbocycles. The molecule has 0 aromatic carbocycles. The number of hydrogen-bond acceptors (Lipinski definition) is 5. The molecule has 0 saturated carbocycles. The van der Waals surface area contributed by atoms with Crippen LogP contribution in [0.5, 0.6) is 0 Å². The molecule has 1 atom stereocenters. The van der Waals surface area contributed by atoms with Crippen molar-refractivity contribution in [1.82, 2.24) is 5.32 Å². The lowest BCUT2D eigenvalue weighted by Crippen LogP contribution is -2.31. The Kier molecular flexibility index (Phi) is 4.01. The Morgan fingerprint density at radius 3 is 2.88 bits per heavy atom. The van der Waals surface area contributed by atoms with Gasteiger partial charge in [-0.15, -0.1) is 0 Å². The molecule has 0 radical (unpaired) electrons. The zero-order valence-electron chi connectivity index (χ0n) is 8.67. The maximum atomic E-state index is 11.4. The van der Waals surface area contributed by atoms with Gasteiger partial charge in [0.1, 0.15) is 4.92 Å². The summed E-state index contributed by atoms with van der Waals surface area (Å²) in [5.74, 6) is -1.21. The fraction of sp³-hybridized carbons (Fsp3) is 0.444. The van der Waals surface area contributed by atoms with Crippen LogP contribution in [0.2, 0.25) is 0 Å². The second kappa shape index (κ2) is 5.26. The molecule has 1 unspecified atom stereocenters. The SMILES string of the molecule is CCC(O)CNC(=O)c1ccc([N+](=O)[O-])o1. The number of nitrogens with one attached hydrogen (secondary N) is 1. The summed E-state index contributed by atoms with van der Waals surface area (Å²) in [6.45, 7) is 1.86. The van der Waals surface area contributed by atoms with Gasteiger partial charge in [0.25, 0.3) is 5.91 Å². The van der Waals surface area contributed by atoms with Gasteiger partial charge in [0, 0.05) is 6.54 Å². The topological polar surface area (TPSA) is 106 Å². The Hall–Kier alpha value is -1.89. The fourth-order valence-electron chi connectivity index (χ4n) is 0.990. The van der Waals surface area contributed by atoms with Crippen LogP contribution in [0.25, 0.3) is 0 Å². The van der Waals surface area contributed by atoms with Gasteiger partial charge in [0.05, 0.1) is 12.2 Å². The number of aliphatic hydroxyl groups is 1. The van der Waals surface area contributed by atoms with E-state index in [1.54, 1.807) is 6.92 Å². The third-order valence-corrected chi connectivity index (χ3v) is 1.97. The molecule has 1 heterocycles. The van der Waals surface area contributed by atoms with Crippen LogP contribution in [0.4, 0.5) is 5.88 Å². The van der Waals surface area contributed by atoms with Gasteiger partial charge in [-0.2, -0.15) is 0 Å². The second-order valence-corrected chi connectivity index (χ2v) is 3.17. The van der Waals surface area contributed by atoms with Crippen molar-refractivity contribution < 1.29 is 19.2 Å². The van der Waals surface area contributed by atoms with Crippen LogP contribution in [-0.4, -0.2) is 28.6 Å². The highest BCUT2D eigenvalue weighted by molar-refractivity contribution is 5.91. The van der Waals surface area contributed by atoms with Crippen molar-refractivity contribution in [2.75, 3.05) is 6.54 Å². The minimum Gasteiger partial charge on any atom is -0.395 e. The molecule has 0 fully saturated rings. The monoisotopic (exact) mass is 228 g/mol. The van der Waals surface area contributed by atoms with Crippen molar-refractivity contribution in [3.8, 4) is 0 Å². The number of rotatable bonds is 5. The number of nitrogens with zero attached hydrogens (tertiary/aromatic N) is 1. The molecule has 1 amide bonds. The molecule has 7 heteroatoms. The van der Waals surface area contributed by atoms with Gasteiger partial charge < -0.3 is 14.8 Å². The molecule has 0 spiro atoms. The first kappa shape index (κ1) is 12.2. The van der Waals surface area contributed by atoms with Crippen LogP contribution < -0.4 is 5.32 Å². The number of carbonyl (C=O) groups excluding carboxylic acids is 1. The molecule has 0 bridgehead atoms. The Bertz CT molecular complexity index is 387. The van der Waals surface area contributed by atoms with E-state index in [2.05, 4.69) is 9.73 Å². The van der Waals surface area contributed by atoms with Crippen LogP contribution in [0.15, 0.2) is 16.5 Å². The molecular formula is C9H12N2O5. The van der Waals surface area contributed by atoms with Crippen LogP contribution in [0, 0.1) is 10.1 Å². The zero-order chi connectivity index (χ0) is 12.1. The maximum Gasteiger partial charge on any atom is 0.433 e. The number of carbonyl (C=O) groups is 1. The summed E-state index contributed by atoms with van der Waals surface area (Å²) in [5, 5.41) is 21.9. The van der Waals surface area contributed by atoms with Gasteiger partial charge in [0.2, 0.25) is 0 Å². The summed E-state index contributed by atoms with van der Waals surface area (Å²) in [6.07, 6.45) is -0.118. The Labute approximate surface area is 91.2 Å². The average molecular weight is 228 g/mol. The van der Waals surface area contributed by atoms with Crippen molar-refractivity contribution in [2.24, 2.45) is 0 Å². The summed E-state index contributed by atoms with van der Waals surface area (Å²) in [4.78, 5) is 20.9. The highest BCUT2D eigenvalue weighted by Crippen LogP contribution is 2.15. The molecule has 1 rings (SSSR count). The van der Waals surface area contributed by atoms with Crippen molar-refractivity contribution in [3.05, 3.63) is 28.0 Å². The second-order valence-electron chi connectivity index (χ2n) is 3.17. The molecule has 1 aromatic rings. The number of nitro groups is 1. The summed E-state index contributed by atoms with van der Waals surface area (Å²) in [5.41, 5.74) is 0. The molecule has 0 aliphatic heterocycles. The molecule has 1 aromatic heterocycles. The minimum absolute atomic E-state index is 0.0871. The van der Waals surface area contributed by atoms with E-state index in [1.807, 2.05) is 0 Å². The highest BCUT2D eigenvalue weighted by atomic mass is 16.6. The normalized spacial score (nSPS) is 12.1.